The second-order valence-corrected chi connectivity index (χ2v) is 2.51. The molecule has 0 unspecified atom stereocenters. The summed E-state index contributed by atoms with van der Waals surface area (Å²) in [6.07, 6.45) is 0. The molecule has 76 valence electrons. The lowest BCUT2D eigenvalue weighted by Gasteiger charge is -2.05. The highest BCUT2D eigenvalue weighted by Gasteiger charge is 2.15. The molecule has 4 N–H and O–H groups in total. The minimum absolute atomic E-state index is 0.00986. The molecular weight excluding hydrogens is 194 g/mol. The fraction of sp³-hybridized carbons (Fsp3) is 0.125. The Labute approximate surface area is 78.4 Å². The van der Waals surface area contributed by atoms with Crippen LogP contribution in [0.2, 0.25) is 0 Å². The molecule has 0 spiro atoms. The summed E-state index contributed by atoms with van der Waals surface area (Å²) in [5, 5.41) is 0. The van der Waals surface area contributed by atoms with Crippen LogP contribution in [0.4, 0.5) is 20.2 Å². The van der Waals surface area contributed by atoms with Gasteiger partial charge >= 0.3 is 12.6 Å². The van der Waals surface area contributed by atoms with E-state index >= 15 is 0 Å². The topological polar surface area (TPSA) is 78.3 Å². The van der Waals surface area contributed by atoms with E-state index in [0.717, 1.165) is 0 Å². The molecular formula is C8H8F2N2O2. The van der Waals surface area contributed by atoms with E-state index in [1.807, 2.05) is 0 Å². The number of benzene rings is 1. The van der Waals surface area contributed by atoms with E-state index in [1.165, 1.54) is 18.2 Å². The molecule has 0 fully saturated rings. The van der Waals surface area contributed by atoms with Gasteiger partial charge in [-0.2, -0.15) is 8.78 Å². The third-order valence-corrected chi connectivity index (χ3v) is 1.49. The Hall–Kier alpha value is -1.85. The van der Waals surface area contributed by atoms with Crippen molar-refractivity contribution < 1.29 is 18.3 Å². The van der Waals surface area contributed by atoms with Crippen LogP contribution in [0.3, 0.4) is 0 Å². The molecule has 1 rings (SSSR count). The lowest BCUT2D eigenvalue weighted by Crippen LogP contribution is -2.11. The number of carbonyl (C=O) groups is 1. The van der Waals surface area contributed by atoms with E-state index in [2.05, 4.69) is 4.74 Å². The van der Waals surface area contributed by atoms with E-state index in [-0.39, 0.29) is 11.3 Å². The first-order chi connectivity index (χ1) is 6.50. The normalized spacial score (nSPS) is 10.2. The molecule has 1 aromatic carbocycles. The summed E-state index contributed by atoms with van der Waals surface area (Å²) in [5.41, 5.74) is 10.9. The highest BCUT2D eigenvalue weighted by Crippen LogP contribution is 2.17. The van der Waals surface area contributed by atoms with Gasteiger partial charge in [0.15, 0.2) is 0 Å². The molecule has 4 nitrogen and oxygen atoms in total. The Bertz CT molecular complexity index is 355. The molecule has 0 saturated carbocycles. The van der Waals surface area contributed by atoms with Crippen LogP contribution in [-0.4, -0.2) is 12.6 Å². The monoisotopic (exact) mass is 202 g/mol. The van der Waals surface area contributed by atoms with Crippen LogP contribution in [-0.2, 0) is 4.74 Å². The SMILES string of the molecule is Nc1ccc(C(=O)OC(F)F)c(N)c1. The van der Waals surface area contributed by atoms with Crippen molar-refractivity contribution in [2.45, 2.75) is 6.61 Å². The Balaban J connectivity index is 2.90. The smallest absolute Gasteiger partial charge is 0.389 e. The van der Waals surface area contributed by atoms with Crippen molar-refractivity contribution in [3.05, 3.63) is 23.8 Å². The van der Waals surface area contributed by atoms with Crippen LogP contribution in [0.15, 0.2) is 18.2 Å². The number of esters is 1. The van der Waals surface area contributed by atoms with Crippen LogP contribution in [0.25, 0.3) is 0 Å². The lowest BCUT2D eigenvalue weighted by molar-refractivity contribution is -0.0905. The van der Waals surface area contributed by atoms with Crippen molar-refractivity contribution in [2.75, 3.05) is 11.5 Å². The summed E-state index contributed by atoms with van der Waals surface area (Å²) < 4.78 is 27.0. The zero-order valence-electron chi connectivity index (χ0n) is 7.04. The van der Waals surface area contributed by atoms with Crippen molar-refractivity contribution >= 4 is 17.3 Å². The average molecular weight is 202 g/mol. The van der Waals surface area contributed by atoms with Crippen molar-refractivity contribution in [1.29, 1.82) is 0 Å². The van der Waals surface area contributed by atoms with Gasteiger partial charge in [0, 0.05) is 11.4 Å². The molecule has 0 saturated heterocycles. The standard InChI is InChI=1S/C8H8F2N2O2/c9-8(10)14-7(13)5-2-1-4(11)3-6(5)12/h1-3,8H,11-12H2. The minimum atomic E-state index is -3.15. The van der Waals surface area contributed by atoms with Gasteiger partial charge in [-0.3, -0.25) is 0 Å². The Morgan fingerprint density at radius 1 is 1.36 bits per heavy atom. The number of anilines is 2. The van der Waals surface area contributed by atoms with Crippen LogP contribution in [0.5, 0.6) is 0 Å². The highest BCUT2D eigenvalue weighted by atomic mass is 19.3. The first-order valence-corrected chi connectivity index (χ1v) is 3.65. The second kappa shape index (κ2) is 3.91. The third kappa shape index (κ3) is 2.32. The molecule has 0 aliphatic carbocycles. The number of hydrogen-bond acceptors (Lipinski definition) is 4. The van der Waals surface area contributed by atoms with Gasteiger partial charge in [0.25, 0.3) is 0 Å². The molecule has 0 atom stereocenters. The number of nitrogen functional groups attached to an aromatic ring is 2. The molecule has 14 heavy (non-hydrogen) atoms. The molecule has 0 heterocycles. The molecule has 0 aromatic heterocycles. The Morgan fingerprint density at radius 2 is 2.00 bits per heavy atom. The molecule has 0 radical (unpaired) electrons. The zero-order chi connectivity index (χ0) is 10.7. The predicted molar refractivity (Wildman–Crippen MR) is 46.7 cm³/mol. The van der Waals surface area contributed by atoms with Gasteiger partial charge < -0.3 is 16.2 Å². The maximum atomic E-state index is 11.7. The molecule has 0 bridgehead atoms. The highest BCUT2D eigenvalue weighted by molar-refractivity contribution is 5.95. The number of ether oxygens (including phenoxy) is 1. The first-order valence-electron chi connectivity index (χ1n) is 3.65. The summed E-state index contributed by atoms with van der Waals surface area (Å²) in [7, 11) is 0. The quantitative estimate of drug-likeness (QED) is 0.558. The van der Waals surface area contributed by atoms with E-state index in [9.17, 15) is 13.6 Å². The van der Waals surface area contributed by atoms with Crippen molar-refractivity contribution in [2.24, 2.45) is 0 Å². The van der Waals surface area contributed by atoms with Gasteiger partial charge in [-0.25, -0.2) is 4.79 Å². The van der Waals surface area contributed by atoms with Crippen molar-refractivity contribution in [3.8, 4) is 0 Å². The van der Waals surface area contributed by atoms with Gasteiger partial charge in [-0.05, 0) is 18.2 Å². The third-order valence-electron chi connectivity index (χ3n) is 1.49. The number of halogens is 2. The molecule has 6 heteroatoms. The predicted octanol–water partition coefficient (Wildman–Crippen LogP) is 1.23. The minimum Gasteiger partial charge on any atom is -0.399 e. The van der Waals surface area contributed by atoms with Crippen molar-refractivity contribution in [1.82, 2.24) is 0 Å². The van der Waals surface area contributed by atoms with Gasteiger partial charge in [0.1, 0.15) is 0 Å². The Kier molecular flexibility index (Phi) is 2.85. The number of rotatable bonds is 2. The van der Waals surface area contributed by atoms with Gasteiger partial charge in [0.2, 0.25) is 0 Å². The van der Waals surface area contributed by atoms with E-state index < -0.39 is 12.6 Å². The van der Waals surface area contributed by atoms with Crippen LogP contribution >= 0.6 is 0 Å². The van der Waals surface area contributed by atoms with Gasteiger partial charge in [-0.1, -0.05) is 0 Å². The van der Waals surface area contributed by atoms with Crippen LogP contribution in [0, 0.1) is 0 Å². The number of carbonyl (C=O) groups excluding carboxylic acids is 1. The van der Waals surface area contributed by atoms with Crippen molar-refractivity contribution in [3.63, 3.8) is 0 Å². The second-order valence-electron chi connectivity index (χ2n) is 2.51. The van der Waals surface area contributed by atoms with Gasteiger partial charge in [0.05, 0.1) is 5.56 Å². The van der Waals surface area contributed by atoms with Gasteiger partial charge in [-0.15, -0.1) is 0 Å². The maximum absolute atomic E-state index is 11.7. The van der Waals surface area contributed by atoms with E-state index in [1.54, 1.807) is 0 Å². The molecule has 0 amide bonds. The molecule has 0 aliphatic heterocycles. The number of nitrogens with two attached hydrogens (primary N) is 2. The number of hydrogen-bond donors (Lipinski definition) is 2. The summed E-state index contributed by atoms with van der Waals surface area (Å²) >= 11 is 0. The van der Waals surface area contributed by atoms with E-state index in [4.69, 9.17) is 11.5 Å². The zero-order valence-corrected chi connectivity index (χ0v) is 7.04. The fourth-order valence-corrected chi connectivity index (χ4v) is 0.911. The van der Waals surface area contributed by atoms with Crippen LogP contribution < -0.4 is 11.5 Å². The molecule has 0 aliphatic rings. The summed E-state index contributed by atoms with van der Waals surface area (Å²) in [4.78, 5) is 11.0. The fourth-order valence-electron chi connectivity index (χ4n) is 0.911. The first kappa shape index (κ1) is 10.2. The lowest BCUT2D eigenvalue weighted by atomic mass is 10.1. The van der Waals surface area contributed by atoms with E-state index in [0.29, 0.717) is 5.69 Å². The number of alkyl halides is 2. The summed E-state index contributed by atoms with van der Waals surface area (Å²) in [5.74, 6) is -1.17. The average Bonchev–Trinajstić information content (AvgIpc) is 2.01. The largest absolute Gasteiger partial charge is 0.399 e. The summed E-state index contributed by atoms with van der Waals surface area (Å²) in [6, 6.07) is 3.90. The van der Waals surface area contributed by atoms with Crippen LogP contribution in [0.1, 0.15) is 10.4 Å². The molecule has 1 aromatic rings. The Morgan fingerprint density at radius 3 is 2.50 bits per heavy atom. The maximum Gasteiger partial charge on any atom is 0.389 e. The summed E-state index contributed by atoms with van der Waals surface area (Å²) in [6.45, 7) is -3.15.